The number of Topliss-reactive ketones (excluding diaryl/α,β-unsaturated/α-hetero) is 1. The molecule has 2 unspecified atom stereocenters. The summed E-state index contributed by atoms with van der Waals surface area (Å²) in [6.45, 7) is 23.7. The van der Waals surface area contributed by atoms with Gasteiger partial charge >= 0.3 is 5.97 Å². The van der Waals surface area contributed by atoms with Crippen LogP contribution in [0.1, 0.15) is 139 Å². The average molecular weight is 682 g/mol. The van der Waals surface area contributed by atoms with E-state index < -0.39 is 34.9 Å². The van der Waals surface area contributed by atoms with Crippen LogP contribution in [-0.4, -0.2) is 50.4 Å². The Balaban J connectivity index is 1.33. The first-order valence-corrected chi connectivity index (χ1v) is 18.9. The number of ether oxygens (including phenoxy) is 2. The fourth-order valence-corrected chi connectivity index (χ4v) is 12.6. The van der Waals surface area contributed by atoms with Crippen LogP contribution < -0.4 is 0 Å². The van der Waals surface area contributed by atoms with Gasteiger partial charge in [0, 0.05) is 39.8 Å². The standard InChI is InChI=1S/C43H55NO6/c1-11-30(46)49-18-12-16-41(8)28-14-13-23-19-26-25-20-24-27-21-39(4,5)50-40(6,7)33(27)36(47)31(24)32-35(25)44(34(22(2)3)37(32)48)38(26)43(23,10)42(28,9)17-15-29(41)45/h12,16,20-21,23,28-29,33-34,36,45,47H,2,11,13-15,17-19H2,1,3-10H3/b16-12+/t23?,28-,29-,33?,34-,36+,41-,42-,43+/m0/s1. The van der Waals surface area contributed by atoms with Gasteiger partial charge in [-0.2, -0.15) is 0 Å². The number of rotatable bonds is 5. The van der Waals surface area contributed by atoms with E-state index in [1.165, 1.54) is 11.3 Å². The van der Waals surface area contributed by atoms with Gasteiger partial charge in [-0.1, -0.05) is 52.0 Å². The van der Waals surface area contributed by atoms with E-state index in [1.54, 1.807) is 6.92 Å². The maximum absolute atomic E-state index is 14.8. The van der Waals surface area contributed by atoms with Gasteiger partial charge in [0.25, 0.3) is 0 Å². The number of hydrogen-bond acceptors (Lipinski definition) is 6. The number of carbonyl (C=O) groups excluding carboxylic acids is 2. The lowest BCUT2D eigenvalue weighted by atomic mass is 9.40. The molecule has 0 radical (unpaired) electrons. The molecule has 3 heterocycles. The van der Waals surface area contributed by atoms with Crippen LogP contribution >= 0.6 is 0 Å². The van der Waals surface area contributed by atoms with Crippen LogP contribution in [0.2, 0.25) is 0 Å². The van der Waals surface area contributed by atoms with E-state index in [-0.39, 0.29) is 41.0 Å². The summed E-state index contributed by atoms with van der Waals surface area (Å²) in [6.07, 6.45) is 9.74. The highest BCUT2D eigenvalue weighted by molar-refractivity contribution is 6.18. The maximum Gasteiger partial charge on any atom is 0.305 e. The highest BCUT2D eigenvalue weighted by Gasteiger charge is 2.67. The Morgan fingerprint density at radius 2 is 1.84 bits per heavy atom. The third kappa shape index (κ3) is 4.09. The van der Waals surface area contributed by atoms with Gasteiger partial charge in [0.2, 0.25) is 0 Å². The zero-order chi connectivity index (χ0) is 36.1. The summed E-state index contributed by atoms with van der Waals surface area (Å²) in [6, 6.07) is 1.78. The van der Waals surface area contributed by atoms with E-state index in [4.69, 9.17) is 9.47 Å². The van der Waals surface area contributed by atoms with Gasteiger partial charge in [-0.15, -0.1) is 0 Å². The van der Waals surface area contributed by atoms with Crippen molar-refractivity contribution < 1.29 is 29.3 Å². The van der Waals surface area contributed by atoms with Crippen molar-refractivity contribution in [2.24, 2.45) is 28.6 Å². The SMILES string of the molecule is C=C(C)[C@H]1C(=O)c2c3c(cc4c5c(n1c24)[C@@]1(C)C(CC[C@H]2[C@](C)(/C=C/COC(=O)CC)[C@@H](O)CC[C@@]21C)C5)C1=CC(C)(C)OC(C)(C)C1[C@@H]3O. The predicted octanol–water partition coefficient (Wildman–Crippen LogP) is 8.11. The van der Waals surface area contributed by atoms with E-state index in [0.29, 0.717) is 24.3 Å². The monoisotopic (exact) mass is 681 g/mol. The third-order valence-electron chi connectivity index (χ3n) is 14.7. The molecule has 0 amide bonds. The lowest BCUT2D eigenvalue weighted by Crippen LogP contribution is -2.62. The molecule has 7 nitrogen and oxygen atoms in total. The number of ketones is 1. The molecule has 0 bridgehead atoms. The van der Waals surface area contributed by atoms with Gasteiger partial charge < -0.3 is 24.3 Å². The minimum atomic E-state index is -0.850. The number of esters is 1. The summed E-state index contributed by atoms with van der Waals surface area (Å²) in [7, 11) is 0. The molecule has 50 heavy (non-hydrogen) atoms. The van der Waals surface area contributed by atoms with Crippen LogP contribution in [0.3, 0.4) is 0 Å². The molecule has 268 valence electrons. The Hall–Kier alpha value is -3.00. The molecule has 2 fully saturated rings. The number of benzene rings is 1. The molecule has 2 aliphatic heterocycles. The molecule has 2 saturated carbocycles. The van der Waals surface area contributed by atoms with Crippen molar-refractivity contribution in [3.05, 3.63) is 64.4 Å². The van der Waals surface area contributed by atoms with Crippen LogP contribution in [0.4, 0.5) is 0 Å². The van der Waals surface area contributed by atoms with Crippen LogP contribution in [0.15, 0.2) is 36.4 Å². The summed E-state index contributed by atoms with van der Waals surface area (Å²) in [5.74, 6) is 0.114. The second kappa shape index (κ2) is 10.5. The number of aromatic nitrogens is 1. The van der Waals surface area contributed by atoms with Crippen molar-refractivity contribution >= 4 is 28.2 Å². The second-order valence-electron chi connectivity index (χ2n) is 18.3. The highest BCUT2D eigenvalue weighted by Crippen LogP contribution is 2.71. The molecule has 7 heteroatoms. The van der Waals surface area contributed by atoms with Crippen molar-refractivity contribution in [2.45, 2.75) is 136 Å². The van der Waals surface area contributed by atoms with Gasteiger partial charge in [0.05, 0.1) is 34.5 Å². The van der Waals surface area contributed by atoms with Crippen molar-refractivity contribution in [1.29, 1.82) is 0 Å². The topological polar surface area (TPSA) is 98.0 Å². The zero-order valence-corrected chi connectivity index (χ0v) is 31.4. The second-order valence-corrected chi connectivity index (χ2v) is 18.3. The molecule has 1 aromatic heterocycles. The maximum atomic E-state index is 14.8. The fraction of sp³-hybridized carbons (Fsp3) is 0.628. The first-order chi connectivity index (χ1) is 23.3. The van der Waals surface area contributed by atoms with Gasteiger partial charge in [-0.05, 0) is 113 Å². The normalized spacial score (nSPS) is 38.8. The van der Waals surface area contributed by atoms with Gasteiger partial charge in [0.15, 0.2) is 5.78 Å². The first-order valence-electron chi connectivity index (χ1n) is 18.9. The Bertz CT molecular complexity index is 1940. The molecule has 2 aromatic rings. The minimum absolute atomic E-state index is 0.0338. The Morgan fingerprint density at radius 1 is 1.12 bits per heavy atom. The number of nitrogens with zero attached hydrogens (tertiary/aromatic N) is 1. The molecule has 6 aliphatic rings. The summed E-state index contributed by atoms with van der Waals surface area (Å²) in [5, 5.41) is 25.0. The molecule has 1 aromatic carbocycles. The minimum Gasteiger partial charge on any atom is -0.461 e. The highest BCUT2D eigenvalue weighted by atomic mass is 16.5. The summed E-state index contributed by atoms with van der Waals surface area (Å²) >= 11 is 0. The molecule has 0 saturated heterocycles. The van der Waals surface area contributed by atoms with E-state index in [9.17, 15) is 19.8 Å². The Morgan fingerprint density at radius 3 is 2.52 bits per heavy atom. The van der Waals surface area contributed by atoms with Gasteiger partial charge in [-0.25, -0.2) is 0 Å². The molecular weight excluding hydrogens is 626 g/mol. The Labute approximate surface area is 296 Å². The smallest absolute Gasteiger partial charge is 0.305 e. The molecular formula is C43H55NO6. The van der Waals surface area contributed by atoms with Crippen LogP contribution in [0, 0.1) is 28.6 Å². The van der Waals surface area contributed by atoms with Gasteiger partial charge in [0.1, 0.15) is 12.6 Å². The summed E-state index contributed by atoms with van der Waals surface area (Å²) in [4.78, 5) is 26.7. The van der Waals surface area contributed by atoms with E-state index in [1.807, 2.05) is 13.0 Å². The van der Waals surface area contributed by atoms with E-state index in [2.05, 4.69) is 77.8 Å². The number of hydrogen-bond donors (Lipinski definition) is 2. The largest absolute Gasteiger partial charge is 0.461 e. The van der Waals surface area contributed by atoms with Crippen LogP contribution in [0.25, 0.3) is 16.5 Å². The lowest BCUT2D eigenvalue weighted by molar-refractivity contribution is -0.145. The fourth-order valence-electron chi connectivity index (χ4n) is 12.6. The van der Waals surface area contributed by atoms with Crippen molar-refractivity contribution in [3.63, 3.8) is 0 Å². The number of aliphatic hydroxyl groups excluding tert-OH is 2. The van der Waals surface area contributed by atoms with Crippen molar-refractivity contribution in [2.75, 3.05) is 6.61 Å². The lowest BCUT2D eigenvalue weighted by Gasteiger charge is -2.64. The number of fused-ring (bicyclic) bond motifs is 11. The third-order valence-corrected chi connectivity index (χ3v) is 14.7. The molecule has 8 rings (SSSR count). The predicted molar refractivity (Wildman–Crippen MR) is 195 cm³/mol. The van der Waals surface area contributed by atoms with E-state index >= 15 is 0 Å². The summed E-state index contributed by atoms with van der Waals surface area (Å²) in [5.41, 5.74) is 5.82. The molecule has 0 spiro atoms. The average Bonchev–Trinajstić information content (AvgIpc) is 3.70. The van der Waals surface area contributed by atoms with Gasteiger partial charge in [-0.3, -0.25) is 9.59 Å². The number of carbonyl (C=O) groups is 2. The zero-order valence-electron chi connectivity index (χ0n) is 31.4. The molecule has 2 N–H and O–H groups in total. The summed E-state index contributed by atoms with van der Waals surface area (Å²) < 4.78 is 14.3. The molecule has 4 aliphatic carbocycles. The van der Waals surface area contributed by atoms with Crippen LogP contribution in [0.5, 0.6) is 0 Å². The Kier molecular flexibility index (Phi) is 7.19. The first kappa shape index (κ1) is 34.1. The number of aliphatic hydroxyl groups is 2. The quantitative estimate of drug-likeness (QED) is 0.245. The number of allylic oxidation sites excluding steroid dienone is 1. The van der Waals surface area contributed by atoms with E-state index in [0.717, 1.165) is 58.9 Å². The van der Waals surface area contributed by atoms with Crippen molar-refractivity contribution in [1.82, 2.24) is 4.57 Å². The van der Waals surface area contributed by atoms with Crippen LogP contribution in [-0.2, 0) is 26.1 Å². The van der Waals surface area contributed by atoms with Crippen molar-refractivity contribution in [3.8, 4) is 0 Å². The molecule has 9 atom stereocenters.